The van der Waals surface area contributed by atoms with Gasteiger partial charge in [-0.2, -0.15) is 11.8 Å². The predicted octanol–water partition coefficient (Wildman–Crippen LogP) is -2.35. The highest BCUT2D eigenvalue weighted by Gasteiger charge is 2.26. The van der Waals surface area contributed by atoms with Crippen LogP contribution in [0.25, 0.3) is 0 Å². The van der Waals surface area contributed by atoms with Crippen LogP contribution in [0, 0.1) is 0 Å². The van der Waals surface area contributed by atoms with Crippen molar-refractivity contribution in [2.24, 2.45) is 0 Å². The summed E-state index contributed by atoms with van der Waals surface area (Å²) in [6.45, 7) is -0.279. The number of nitrogens with one attached hydrogen (secondary N) is 4. The van der Waals surface area contributed by atoms with Crippen molar-refractivity contribution in [1.29, 1.82) is 0 Å². The van der Waals surface area contributed by atoms with Crippen LogP contribution in [0.2, 0.25) is 0 Å². The predicted molar refractivity (Wildman–Crippen MR) is 95.6 cm³/mol. The van der Waals surface area contributed by atoms with E-state index in [0.29, 0.717) is 12.2 Å². The smallest absolute Gasteiger partial charge is 0.326 e. The fourth-order valence-corrected chi connectivity index (χ4v) is 2.88. The fraction of sp³-hybridized carbons (Fsp3) is 0.733. The number of amides is 3. The standard InChI is InChI=1S/C15H26N4O6S/c1-26-6-4-10(15(24)25)19-14(23)11(8-20)18-12(21)7-17-13(22)9-3-2-5-16-9/h9-11,16,20H,2-8H2,1H3,(H,17,22)(H,18,21)(H,19,23)(H,24,25). The number of carbonyl (C=O) groups excluding carboxylic acids is 3. The monoisotopic (exact) mass is 390 g/mol. The van der Waals surface area contributed by atoms with E-state index in [-0.39, 0.29) is 24.9 Å². The summed E-state index contributed by atoms with van der Waals surface area (Å²) < 4.78 is 0. The molecule has 0 aromatic rings. The summed E-state index contributed by atoms with van der Waals surface area (Å²) >= 11 is 1.44. The van der Waals surface area contributed by atoms with Crippen molar-refractivity contribution in [3.05, 3.63) is 0 Å². The Bertz CT molecular complexity index is 512. The third kappa shape index (κ3) is 7.58. The van der Waals surface area contributed by atoms with Gasteiger partial charge in [0, 0.05) is 0 Å². The van der Waals surface area contributed by atoms with Crippen molar-refractivity contribution in [3.63, 3.8) is 0 Å². The lowest BCUT2D eigenvalue weighted by atomic mass is 10.2. The molecule has 6 N–H and O–H groups in total. The molecule has 1 aliphatic heterocycles. The summed E-state index contributed by atoms with van der Waals surface area (Å²) in [7, 11) is 0. The van der Waals surface area contributed by atoms with Gasteiger partial charge in [0.15, 0.2) is 0 Å². The number of carbonyl (C=O) groups is 4. The Morgan fingerprint density at radius 2 is 1.96 bits per heavy atom. The highest BCUT2D eigenvalue weighted by molar-refractivity contribution is 7.98. The van der Waals surface area contributed by atoms with Crippen LogP contribution in [0.3, 0.4) is 0 Å². The molecule has 0 bridgehead atoms. The van der Waals surface area contributed by atoms with E-state index in [9.17, 15) is 24.3 Å². The van der Waals surface area contributed by atoms with Gasteiger partial charge in [-0.15, -0.1) is 0 Å². The maximum atomic E-state index is 12.1. The summed E-state index contributed by atoms with van der Waals surface area (Å²) in [5.41, 5.74) is 0. The summed E-state index contributed by atoms with van der Waals surface area (Å²) in [6.07, 6.45) is 3.62. The average Bonchev–Trinajstić information content (AvgIpc) is 3.15. The van der Waals surface area contributed by atoms with Gasteiger partial charge >= 0.3 is 5.97 Å². The van der Waals surface area contributed by atoms with Crippen molar-refractivity contribution < 1.29 is 29.4 Å². The summed E-state index contributed by atoms with van der Waals surface area (Å²) in [5.74, 6) is -2.40. The van der Waals surface area contributed by atoms with Crippen molar-refractivity contribution in [2.75, 3.05) is 31.7 Å². The first kappa shape index (κ1) is 22.2. The minimum atomic E-state index is -1.29. The molecule has 11 heteroatoms. The fourth-order valence-electron chi connectivity index (χ4n) is 2.40. The Labute approximate surface area is 155 Å². The molecule has 0 radical (unpaired) electrons. The lowest BCUT2D eigenvalue weighted by Crippen LogP contribution is -2.55. The van der Waals surface area contributed by atoms with E-state index in [1.807, 2.05) is 6.26 Å². The normalized spacial score (nSPS) is 18.6. The molecule has 0 spiro atoms. The summed E-state index contributed by atoms with van der Waals surface area (Å²) in [5, 5.41) is 28.4. The molecule has 148 valence electrons. The molecule has 10 nitrogen and oxygen atoms in total. The third-order valence-corrected chi connectivity index (χ3v) is 4.50. The SMILES string of the molecule is CSCCC(NC(=O)C(CO)NC(=O)CNC(=O)C1CCCN1)C(=O)O. The van der Waals surface area contributed by atoms with E-state index in [0.717, 1.165) is 13.0 Å². The first-order valence-corrected chi connectivity index (χ1v) is 9.71. The second kappa shape index (κ2) is 11.7. The lowest BCUT2D eigenvalue weighted by Gasteiger charge is -2.20. The molecular formula is C15H26N4O6S. The Morgan fingerprint density at radius 1 is 1.23 bits per heavy atom. The number of carboxylic acid groups (broad SMARTS) is 1. The Kier molecular flexibility index (Phi) is 9.99. The van der Waals surface area contributed by atoms with Crippen LogP contribution < -0.4 is 21.3 Å². The van der Waals surface area contributed by atoms with Gasteiger partial charge in [-0.1, -0.05) is 0 Å². The molecule has 0 aromatic heterocycles. The zero-order valence-electron chi connectivity index (χ0n) is 14.6. The van der Waals surface area contributed by atoms with E-state index in [4.69, 9.17) is 5.11 Å². The van der Waals surface area contributed by atoms with Crippen LogP contribution in [-0.2, 0) is 19.2 Å². The molecule has 1 rings (SSSR count). The highest BCUT2D eigenvalue weighted by Crippen LogP contribution is 2.04. The quantitative estimate of drug-likeness (QED) is 0.229. The number of aliphatic hydroxyl groups excluding tert-OH is 1. The van der Waals surface area contributed by atoms with Crippen LogP contribution in [0.15, 0.2) is 0 Å². The van der Waals surface area contributed by atoms with E-state index in [1.165, 1.54) is 11.8 Å². The largest absolute Gasteiger partial charge is 0.480 e. The molecule has 3 unspecified atom stereocenters. The van der Waals surface area contributed by atoms with Crippen molar-refractivity contribution in [1.82, 2.24) is 21.3 Å². The number of thioether (sulfide) groups is 1. The number of aliphatic hydroxyl groups is 1. The second-order valence-electron chi connectivity index (χ2n) is 5.85. The summed E-state index contributed by atoms with van der Waals surface area (Å²) in [6, 6.07) is -2.72. The Hall–Kier alpha value is -1.85. The van der Waals surface area contributed by atoms with Gasteiger partial charge in [0.25, 0.3) is 0 Å². The van der Waals surface area contributed by atoms with Crippen LogP contribution in [0.4, 0.5) is 0 Å². The van der Waals surface area contributed by atoms with E-state index in [2.05, 4.69) is 21.3 Å². The molecule has 1 aliphatic rings. The third-order valence-electron chi connectivity index (χ3n) is 3.86. The van der Waals surface area contributed by atoms with Crippen molar-refractivity contribution in [3.8, 4) is 0 Å². The molecule has 3 atom stereocenters. The zero-order valence-corrected chi connectivity index (χ0v) is 15.4. The number of aliphatic carboxylic acids is 1. The van der Waals surface area contributed by atoms with Crippen molar-refractivity contribution in [2.45, 2.75) is 37.4 Å². The zero-order chi connectivity index (χ0) is 19.5. The number of hydrogen-bond donors (Lipinski definition) is 6. The van der Waals surface area contributed by atoms with E-state index in [1.54, 1.807) is 0 Å². The number of rotatable bonds is 11. The Balaban J connectivity index is 2.45. The molecule has 1 saturated heterocycles. The number of carboxylic acids is 1. The molecule has 0 aromatic carbocycles. The van der Waals surface area contributed by atoms with Gasteiger partial charge in [-0.3, -0.25) is 14.4 Å². The highest BCUT2D eigenvalue weighted by atomic mass is 32.2. The molecule has 0 saturated carbocycles. The van der Waals surface area contributed by atoms with Crippen LogP contribution >= 0.6 is 11.8 Å². The second-order valence-corrected chi connectivity index (χ2v) is 6.84. The molecule has 3 amide bonds. The van der Waals surface area contributed by atoms with Gasteiger partial charge in [0.1, 0.15) is 12.1 Å². The molecule has 0 aliphatic carbocycles. The summed E-state index contributed by atoms with van der Waals surface area (Å²) in [4.78, 5) is 46.9. The van der Waals surface area contributed by atoms with Gasteiger partial charge in [-0.05, 0) is 37.8 Å². The molecule has 26 heavy (non-hydrogen) atoms. The average molecular weight is 390 g/mol. The van der Waals surface area contributed by atoms with Gasteiger partial charge < -0.3 is 31.5 Å². The first-order chi connectivity index (χ1) is 12.4. The van der Waals surface area contributed by atoms with Crippen LogP contribution in [0.1, 0.15) is 19.3 Å². The van der Waals surface area contributed by atoms with Gasteiger partial charge in [-0.25, -0.2) is 4.79 Å². The maximum Gasteiger partial charge on any atom is 0.326 e. The number of hydrogen-bond acceptors (Lipinski definition) is 7. The minimum Gasteiger partial charge on any atom is -0.480 e. The van der Waals surface area contributed by atoms with E-state index < -0.39 is 36.5 Å². The van der Waals surface area contributed by atoms with E-state index >= 15 is 0 Å². The molecule has 1 fully saturated rings. The van der Waals surface area contributed by atoms with Gasteiger partial charge in [0.2, 0.25) is 17.7 Å². The van der Waals surface area contributed by atoms with Crippen LogP contribution in [0.5, 0.6) is 0 Å². The minimum absolute atomic E-state index is 0.221. The maximum absolute atomic E-state index is 12.1. The van der Waals surface area contributed by atoms with Crippen LogP contribution in [-0.4, -0.2) is 83.7 Å². The Morgan fingerprint density at radius 3 is 2.50 bits per heavy atom. The first-order valence-electron chi connectivity index (χ1n) is 8.32. The molecular weight excluding hydrogens is 364 g/mol. The lowest BCUT2D eigenvalue weighted by molar-refractivity contribution is -0.142. The molecule has 1 heterocycles. The van der Waals surface area contributed by atoms with Gasteiger partial charge in [0.05, 0.1) is 19.2 Å². The van der Waals surface area contributed by atoms with Crippen molar-refractivity contribution >= 4 is 35.5 Å². The topological polar surface area (TPSA) is 157 Å².